The van der Waals surface area contributed by atoms with Crippen LogP contribution in [0.2, 0.25) is 0 Å². The van der Waals surface area contributed by atoms with Crippen LogP contribution in [0.3, 0.4) is 0 Å². The summed E-state index contributed by atoms with van der Waals surface area (Å²) in [5.41, 5.74) is 0. The van der Waals surface area contributed by atoms with Crippen LogP contribution in [0.5, 0.6) is 0 Å². The largest absolute Gasteiger partial charge is 0.462 e. The third-order valence-electron chi connectivity index (χ3n) is 11.5. The van der Waals surface area contributed by atoms with Crippen LogP contribution in [0.25, 0.3) is 0 Å². The lowest BCUT2D eigenvalue weighted by Gasteiger charge is -2.18. The highest BCUT2D eigenvalue weighted by Crippen LogP contribution is 2.13. The van der Waals surface area contributed by atoms with Gasteiger partial charge in [-0.3, -0.25) is 14.4 Å². The van der Waals surface area contributed by atoms with Gasteiger partial charge in [-0.1, -0.05) is 238 Å². The van der Waals surface area contributed by atoms with E-state index in [-0.39, 0.29) is 37.5 Å². The molecule has 0 aliphatic rings. The molecule has 0 aliphatic carbocycles. The van der Waals surface area contributed by atoms with Gasteiger partial charge in [0.05, 0.1) is 0 Å². The Morgan fingerprint density at radius 3 is 1.04 bits per heavy atom. The molecule has 0 fully saturated rings. The second-order valence-corrected chi connectivity index (χ2v) is 18.2. The highest BCUT2D eigenvalue weighted by Gasteiger charge is 2.19. The average Bonchev–Trinajstić information content (AvgIpc) is 3.36. The summed E-state index contributed by atoms with van der Waals surface area (Å²) in [6.07, 6.45) is 80.0. The minimum absolute atomic E-state index is 0.108. The Morgan fingerprint density at radius 2 is 0.629 bits per heavy atom. The number of ether oxygens (including phenoxy) is 3. The second kappa shape index (κ2) is 57.1. The van der Waals surface area contributed by atoms with E-state index in [9.17, 15) is 14.4 Å². The lowest BCUT2D eigenvalue weighted by molar-refractivity contribution is -0.167. The second-order valence-electron chi connectivity index (χ2n) is 18.2. The Morgan fingerprint density at radius 1 is 0.314 bits per heavy atom. The summed E-state index contributed by atoms with van der Waals surface area (Å²) < 4.78 is 16.8. The maximum atomic E-state index is 12.9. The predicted octanol–water partition coefficient (Wildman–Crippen LogP) is 19.0. The molecule has 394 valence electrons. The van der Waals surface area contributed by atoms with E-state index in [0.717, 1.165) is 135 Å². The van der Waals surface area contributed by atoms with Gasteiger partial charge in [0.2, 0.25) is 0 Å². The molecular formula is C64H102O6. The van der Waals surface area contributed by atoms with Crippen LogP contribution in [0.1, 0.15) is 233 Å². The molecule has 0 saturated heterocycles. The minimum Gasteiger partial charge on any atom is -0.462 e. The highest BCUT2D eigenvalue weighted by molar-refractivity contribution is 5.71. The van der Waals surface area contributed by atoms with E-state index in [4.69, 9.17) is 14.2 Å². The van der Waals surface area contributed by atoms with Gasteiger partial charge in [-0.25, -0.2) is 0 Å². The molecule has 0 spiro atoms. The van der Waals surface area contributed by atoms with Gasteiger partial charge >= 0.3 is 17.9 Å². The molecular weight excluding hydrogens is 865 g/mol. The number of rotatable bonds is 49. The molecule has 6 heteroatoms. The van der Waals surface area contributed by atoms with Crippen molar-refractivity contribution < 1.29 is 28.6 Å². The van der Waals surface area contributed by atoms with Gasteiger partial charge in [0.1, 0.15) is 13.2 Å². The van der Waals surface area contributed by atoms with Crippen LogP contribution in [-0.4, -0.2) is 37.2 Å². The molecule has 1 atom stereocenters. The summed E-state index contributed by atoms with van der Waals surface area (Å²) >= 11 is 0. The zero-order valence-electron chi connectivity index (χ0n) is 45.0. The first kappa shape index (κ1) is 65.5. The predicted molar refractivity (Wildman–Crippen MR) is 302 cm³/mol. The van der Waals surface area contributed by atoms with Crippen LogP contribution in [-0.2, 0) is 28.6 Å². The molecule has 0 aromatic carbocycles. The lowest BCUT2D eigenvalue weighted by Crippen LogP contribution is -2.30. The normalized spacial score (nSPS) is 13.1. The van der Waals surface area contributed by atoms with E-state index in [1.165, 1.54) is 57.8 Å². The first-order chi connectivity index (χ1) is 34.5. The zero-order valence-corrected chi connectivity index (χ0v) is 45.0. The fourth-order valence-electron chi connectivity index (χ4n) is 7.29. The Bertz CT molecular complexity index is 1530. The maximum absolute atomic E-state index is 12.9. The third-order valence-corrected chi connectivity index (χ3v) is 11.5. The van der Waals surface area contributed by atoms with Gasteiger partial charge < -0.3 is 14.2 Å². The Balaban J connectivity index is 4.54. The highest BCUT2D eigenvalue weighted by atomic mass is 16.6. The molecule has 0 bridgehead atoms. The molecule has 0 aromatic heterocycles. The van der Waals surface area contributed by atoms with Gasteiger partial charge in [0, 0.05) is 19.3 Å². The monoisotopic (exact) mass is 967 g/mol. The number of hydrogen-bond acceptors (Lipinski definition) is 6. The number of carbonyl (C=O) groups excluding carboxylic acids is 3. The van der Waals surface area contributed by atoms with E-state index < -0.39 is 6.10 Å². The average molecular weight is 968 g/mol. The molecule has 1 unspecified atom stereocenters. The van der Waals surface area contributed by atoms with Crippen LogP contribution >= 0.6 is 0 Å². The zero-order chi connectivity index (χ0) is 50.7. The molecule has 0 N–H and O–H groups in total. The first-order valence-corrected chi connectivity index (χ1v) is 28.3. The number of esters is 3. The first-order valence-electron chi connectivity index (χ1n) is 28.3. The summed E-state index contributed by atoms with van der Waals surface area (Å²) in [5, 5.41) is 0. The lowest BCUT2D eigenvalue weighted by atomic mass is 10.1. The van der Waals surface area contributed by atoms with Crippen molar-refractivity contribution in [2.24, 2.45) is 0 Å². The molecule has 6 nitrogen and oxygen atoms in total. The van der Waals surface area contributed by atoms with Crippen molar-refractivity contribution in [2.75, 3.05) is 13.2 Å². The fourth-order valence-corrected chi connectivity index (χ4v) is 7.29. The van der Waals surface area contributed by atoms with Crippen molar-refractivity contribution in [1.82, 2.24) is 0 Å². The standard InChI is InChI=1S/C64H102O6/c1-4-7-10-13-16-19-22-25-28-30-32-34-36-39-42-45-48-51-54-57-63(66)69-60-61(59-68-62(65)56-53-50-47-44-41-38-35-27-24-21-18-15-12-9-6-3)70-64(67)58-55-52-49-46-43-40-37-33-31-29-26-23-20-17-14-11-8-5-2/h7,9-10,12,15-16,18-19,21,23-26,28-29,31-34,37,39,42,61H,4-6,8,11,13-14,17,20,22,27,30,35-36,38,40-41,43-60H2,1-3H3/b10-7-,12-9-,18-15-,19-16-,24-21-,26-23-,28-25-,31-29-,34-32-,37-33-,42-39-. The van der Waals surface area contributed by atoms with Crippen molar-refractivity contribution in [3.63, 3.8) is 0 Å². The minimum atomic E-state index is -0.814. The molecule has 0 saturated carbocycles. The Kier molecular flexibility index (Phi) is 53.5. The van der Waals surface area contributed by atoms with Gasteiger partial charge in [0.25, 0.3) is 0 Å². The van der Waals surface area contributed by atoms with E-state index >= 15 is 0 Å². The molecule has 0 aromatic rings. The van der Waals surface area contributed by atoms with Crippen molar-refractivity contribution in [1.29, 1.82) is 0 Å². The van der Waals surface area contributed by atoms with Crippen molar-refractivity contribution in [2.45, 2.75) is 239 Å². The molecule has 0 heterocycles. The smallest absolute Gasteiger partial charge is 0.306 e. The summed E-state index contributed by atoms with van der Waals surface area (Å²) in [7, 11) is 0. The van der Waals surface area contributed by atoms with Gasteiger partial charge in [-0.15, -0.1) is 0 Å². The maximum Gasteiger partial charge on any atom is 0.306 e. The Labute approximate surface area is 430 Å². The van der Waals surface area contributed by atoms with E-state index in [1.807, 2.05) is 0 Å². The SMILES string of the molecule is CC\C=C/C=C\C=C/CCCCCCCCCC(=O)OCC(COC(=O)CCCCC/C=C\C/C=C\C/C=C\C/C=C\C/C=C\CC)OC(=O)CCCCCCC\C=C/C=C\C=C/CCCCCCC. The van der Waals surface area contributed by atoms with Crippen LogP contribution in [0, 0.1) is 0 Å². The molecule has 0 rings (SSSR count). The van der Waals surface area contributed by atoms with Crippen molar-refractivity contribution in [3.8, 4) is 0 Å². The van der Waals surface area contributed by atoms with E-state index in [0.29, 0.717) is 12.8 Å². The fraction of sp³-hybridized carbons (Fsp3) is 0.609. The van der Waals surface area contributed by atoms with Crippen molar-refractivity contribution >= 4 is 17.9 Å². The summed E-state index contributed by atoms with van der Waals surface area (Å²) in [6, 6.07) is 0. The number of carbonyl (C=O) groups is 3. The number of hydrogen-bond donors (Lipinski definition) is 0. The molecule has 0 radical (unpaired) electrons. The van der Waals surface area contributed by atoms with Crippen molar-refractivity contribution in [3.05, 3.63) is 134 Å². The quantitative estimate of drug-likeness (QED) is 0.0199. The van der Waals surface area contributed by atoms with Crippen LogP contribution in [0.15, 0.2) is 134 Å². The number of allylic oxidation sites excluding steroid dienone is 22. The van der Waals surface area contributed by atoms with E-state index in [2.05, 4.69) is 154 Å². The summed E-state index contributed by atoms with van der Waals surface area (Å²) in [4.78, 5) is 38.2. The van der Waals surface area contributed by atoms with E-state index in [1.54, 1.807) is 0 Å². The third kappa shape index (κ3) is 54.5. The summed E-state index contributed by atoms with van der Waals surface area (Å²) in [5.74, 6) is -0.977. The van der Waals surface area contributed by atoms with Crippen LogP contribution in [0.4, 0.5) is 0 Å². The topological polar surface area (TPSA) is 78.9 Å². The Hall–Kier alpha value is -4.45. The molecule has 0 amide bonds. The molecule has 70 heavy (non-hydrogen) atoms. The van der Waals surface area contributed by atoms with Crippen LogP contribution < -0.4 is 0 Å². The molecule has 0 aliphatic heterocycles. The van der Waals surface area contributed by atoms with Gasteiger partial charge in [0.15, 0.2) is 6.10 Å². The summed E-state index contributed by atoms with van der Waals surface area (Å²) in [6.45, 7) is 6.31. The van der Waals surface area contributed by atoms with Gasteiger partial charge in [-0.05, 0) is 109 Å². The van der Waals surface area contributed by atoms with Gasteiger partial charge in [-0.2, -0.15) is 0 Å². The number of unbranched alkanes of at least 4 members (excludes halogenated alkanes) is 20.